The Morgan fingerprint density at radius 1 is 1.12 bits per heavy atom. The van der Waals surface area contributed by atoms with Crippen LogP contribution in [-0.2, 0) is 28.5 Å². The molecule has 0 bridgehead atoms. The first-order valence-electron chi connectivity index (χ1n) is 10.1. The van der Waals surface area contributed by atoms with Crippen LogP contribution in [0.5, 0.6) is 0 Å². The second-order valence-electron chi connectivity index (χ2n) is 7.41. The molecule has 0 radical (unpaired) electrons. The van der Waals surface area contributed by atoms with E-state index >= 15 is 0 Å². The predicted molar refractivity (Wildman–Crippen MR) is 112 cm³/mol. The lowest BCUT2D eigenvalue weighted by molar-refractivity contribution is -0.145. The maximum absolute atomic E-state index is 13.2. The topological polar surface area (TPSA) is 101 Å². The van der Waals surface area contributed by atoms with Crippen LogP contribution in [0.15, 0.2) is 53.9 Å². The van der Waals surface area contributed by atoms with Crippen LogP contribution in [0.25, 0.3) is 11.3 Å². The van der Waals surface area contributed by atoms with E-state index in [1.165, 1.54) is 36.7 Å². The van der Waals surface area contributed by atoms with Crippen molar-refractivity contribution in [3.8, 4) is 11.3 Å². The molecule has 178 valence electrons. The second kappa shape index (κ2) is 9.89. The third kappa shape index (κ3) is 5.42. The summed E-state index contributed by atoms with van der Waals surface area (Å²) in [6.07, 6.45) is -0.204. The molecule has 0 aliphatic carbocycles. The van der Waals surface area contributed by atoms with E-state index in [4.69, 9.17) is 0 Å². The minimum atomic E-state index is -4.64. The van der Waals surface area contributed by atoms with E-state index in [1.54, 1.807) is 4.31 Å². The van der Waals surface area contributed by atoms with E-state index in [-0.39, 0.29) is 18.0 Å². The number of carbonyl (C=O) groups excluding carboxylic acids is 1. The Labute approximate surface area is 194 Å². The lowest BCUT2D eigenvalue weighted by Crippen LogP contribution is -2.43. The highest BCUT2D eigenvalue weighted by molar-refractivity contribution is 7.82. The lowest BCUT2D eigenvalue weighted by atomic mass is 10.2. The maximum atomic E-state index is 13.2. The number of amides is 1. The fraction of sp³-hybridized carbons (Fsp3) is 0.286. The van der Waals surface area contributed by atoms with Crippen molar-refractivity contribution in [3.63, 3.8) is 0 Å². The zero-order valence-electron chi connectivity index (χ0n) is 17.5. The predicted octanol–water partition coefficient (Wildman–Crippen LogP) is 2.89. The van der Waals surface area contributed by atoms with Gasteiger partial charge >= 0.3 is 6.18 Å². The van der Waals surface area contributed by atoms with Crippen LogP contribution in [0.3, 0.4) is 0 Å². The molecule has 3 aromatic rings. The number of alkyl halides is 3. The van der Waals surface area contributed by atoms with Gasteiger partial charge in [-0.1, -0.05) is 0 Å². The number of hydrogen-bond donors (Lipinski definition) is 1. The van der Waals surface area contributed by atoms with Crippen molar-refractivity contribution in [1.82, 2.24) is 29.6 Å². The summed E-state index contributed by atoms with van der Waals surface area (Å²) in [6.45, 7) is 0.483. The second-order valence-corrected chi connectivity index (χ2v) is 8.85. The third-order valence-corrected chi connectivity index (χ3v) is 6.64. The largest absolute Gasteiger partial charge is 0.451 e. The van der Waals surface area contributed by atoms with Crippen molar-refractivity contribution in [3.05, 3.63) is 66.4 Å². The molecule has 1 aromatic carbocycles. The van der Waals surface area contributed by atoms with Crippen LogP contribution in [0.2, 0.25) is 0 Å². The van der Waals surface area contributed by atoms with E-state index < -0.39 is 34.8 Å². The van der Waals surface area contributed by atoms with Crippen LogP contribution >= 0.6 is 0 Å². The first kappa shape index (κ1) is 23.8. The number of carbonyl (C=O) groups is 1. The first-order chi connectivity index (χ1) is 16.2. The molecule has 2 unspecified atom stereocenters. The molecule has 2 aromatic heterocycles. The van der Waals surface area contributed by atoms with Crippen molar-refractivity contribution in [2.24, 2.45) is 0 Å². The van der Waals surface area contributed by atoms with Crippen molar-refractivity contribution in [1.29, 1.82) is 0 Å². The summed E-state index contributed by atoms with van der Waals surface area (Å²) in [5, 5.41) is 2.75. The average Bonchev–Trinajstić information content (AvgIpc) is 3.32. The monoisotopic (exact) mass is 494 g/mol. The molecular formula is C21H18F4N6O2S. The van der Waals surface area contributed by atoms with E-state index in [9.17, 15) is 26.6 Å². The van der Waals surface area contributed by atoms with Gasteiger partial charge in [0.25, 0.3) is 0 Å². The van der Waals surface area contributed by atoms with Gasteiger partial charge in [0, 0.05) is 24.5 Å². The van der Waals surface area contributed by atoms with Gasteiger partial charge in [0.05, 0.1) is 22.8 Å². The van der Waals surface area contributed by atoms with E-state index in [0.29, 0.717) is 35.7 Å². The van der Waals surface area contributed by atoms with E-state index in [1.807, 2.05) is 0 Å². The average molecular weight is 494 g/mol. The molecule has 1 fully saturated rings. The van der Waals surface area contributed by atoms with Crippen LogP contribution in [0, 0.1) is 5.82 Å². The molecule has 4 rings (SSSR count). The summed E-state index contributed by atoms with van der Waals surface area (Å²) in [5.74, 6) is -2.04. The molecule has 0 saturated carbocycles. The standard InChI is InChI=1S/C21H18F4N6O2S/c22-14-3-5-16(6-4-14)34(33)31-7-1-2-18(31)19(32)26-11-15-8-17(30-12-29-15)13-9-27-20(28-10-13)21(23,24)25/h3-6,8-10,12,18H,1-2,7,11H2,(H,26,32). The summed E-state index contributed by atoms with van der Waals surface area (Å²) < 4.78 is 65.5. The van der Waals surface area contributed by atoms with Crippen LogP contribution < -0.4 is 5.32 Å². The van der Waals surface area contributed by atoms with E-state index in [0.717, 1.165) is 12.4 Å². The molecule has 1 aliphatic heterocycles. The van der Waals surface area contributed by atoms with Gasteiger partial charge in [-0.3, -0.25) is 4.79 Å². The number of nitrogens with one attached hydrogen (secondary N) is 1. The normalized spacial score (nSPS) is 17.5. The van der Waals surface area contributed by atoms with Crippen LogP contribution in [0.1, 0.15) is 24.4 Å². The van der Waals surface area contributed by atoms with Gasteiger partial charge < -0.3 is 5.32 Å². The molecule has 1 aliphatic rings. The summed E-state index contributed by atoms with van der Waals surface area (Å²) in [4.78, 5) is 27.9. The van der Waals surface area contributed by atoms with Crippen LogP contribution in [-0.4, -0.2) is 46.9 Å². The molecule has 1 amide bonds. The van der Waals surface area contributed by atoms with Gasteiger partial charge in [0.2, 0.25) is 11.7 Å². The van der Waals surface area contributed by atoms with Gasteiger partial charge in [0.15, 0.2) is 0 Å². The van der Waals surface area contributed by atoms with Crippen molar-refractivity contribution >= 4 is 16.9 Å². The smallest absolute Gasteiger partial charge is 0.349 e. The summed E-state index contributed by atoms with van der Waals surface area (Å²) in [5.41, 5.74) is 0.981. The van der Waals surface area contributed by atoms with Gasteiger partial charge in [-0.15, -0.1) is 0 Å². The molecule has 13 heteroatoms. The SMILES string of the molecule is O=C(NCc1cc(-c2cnc(C(F)(F)F)nc2)ncn1)C1CCCN1S(=O)c1ccc(F)cc1. The summed E-state index contributed by atoms with van der Waals surface area (Å²) in [7, 11) is -1.62. The Morgan fingerprint density at radius 3 is 2.50 bits per heavy atom. The number of aromatic nitrogens is 4. The van der Waals surface area contributed by atoms with Crippen molar-refractivity contribution < 1.29 is 26.6 Å². The zero-order chi connectivity index (χ0) is 24.3. The highest BCUT2D eigenvalue weighted by Gasteiger charge is 2.35. The van der Waals surface area contributed by atoms with Crippen molar-refractivity contribution in [2.45, 2.75) is 36.5 Å². The summed E-state index contributed by atoms with van der Waals surface area (Å²) in [6, 6.07) is 6.16. The van der Waals surface area contributed by atoms with Crippen LogP contribution in [0.4, 0.5) is 17.6 Å². The van der Waals surface area contributed by atoms with Gasteiger partial charge in [0.1, 0.15) is 29.2 Å². The Hall–Kier alpha value is -3.32. The molecule has 1 N–H and O–H groups in total. The van der Waals surface area contributed by atoms with E-state index in [2.05, 4.69) is 25.3 Å². The minimum Gasteiger partial charge on any atom is -0.349 e. The van der Waals surface area contributed by atoms with Gasteiger partial charge in [-0.25, -0.2) is 32.8 Å². The Kier molecular flexibility index (Phi) is 6.93. The highest BCUT2D eigenvalue weighted by Crippen LogP contribution is 2.27. The fourth-order valence-corrected chi connectivity index (χ4v) is 4.81. The Bertz CT molecular complexity index is 1190. The Morgan fingerprint density at radius 2 is 1.82 bits per heavy atom. The molecule has 2 atom stereocenters. The third-order valence-electron chi connectivity index (χ3n) is 5.10. The van der Waals surface area contributed by atoms with Crippen molar-refractivity contribution in [2.75, 3.05) is 6.54 Å². The molecule has 34 heavy (non-hydrogen) atoms. The molecule has 3 heterocycles. The number of rotatable bonds is 6. The first-order valence-corrected chi connectivity index (χ1v) is 11.3. The lowest BCUT2D eigenvalue weighted by Gasteiger charge is -2.22. The molecular weight excluding hydrogens is 476 g/mol. The quantitative estimate of drug-likeness (QED) is 0.529. The minimum absolute atomic E-state index is 0.0311. The Balaban J connectivity index is 1.41. The molecule has 0 spiro atoms. The molecule has 1 saturated heterocycles. The number of nitrogens with zero attached hydrogens (tertiary/aromatic N) is 5. The zero-order valence-corrected chi connectivity index (χ0v) is 18.3. The highest BCUT2D eigenvalue weighted by atomic mass is 32.2. The summed E-state index contributed by atoms with van der Waals surface area (Å²) >= 11 is 0. The number of halogens is 4. The number of hydrogen-bond acceptors (Lipinski definition) is 6. The number of benzene rings is 1. The van der Waals surface area contributed by atoms with Gasteiger partial charge in [-0.05, 0) is 43.2 Å². The molecule has 8 nitrogen and oxygen atoms in total. The van der Waals surface area contributed by atoms with Gasteiger partial charge in [-0.2, -0.15) is 13.2 Å². The fourth-order valence-electron chi connectivity index (χ4n) is 3.44. The maximum Gasteiger partial charge on any atom is 0.451 e.